The van der Waals surface area contributed by atoms with Crippen LogP contribution in [0.5, 0.6) is 0 Å². The van der Waals surface area contributed by atoms with E-state index in [1.165, 1.54) is 0 Å². The van der Waals surface area contributed by atoms with Gasteiger partial charge in [-0.3, -0.25) is 4.79 Å². The molecule has 6 nitrogen and oxygen atoms in total. The third kappa shape index (κ3) is 5.46. The van der Waals surface area contributed by atoms with Crippen LogP contribution in [0, 0.1) is 0 Å². The Bertz CT molecular complexity index is 313. The van der Waals surface area contributed by atoms with Crippen molar-refractivity contribution in [2.45, 2.75) is 25.8 Å². The normalized spacial score (nSPS) is 12.4. The summed E-state index contributed by atoms with van der Waals surface area (Å²) in [6.07, 6.45) is 4.67. The summed E-state index contributed by atoms with van der Waals surface area (Å²) in [5.74, 6) is -0.167. The number of H-pyrrole nitrogens is 1. The lowest BCUT2D eigenvalue weighted by atomic mass is 10.1. The van der Waals surface area contributed by atoms with Crippen LogP contribution in [0.4, 0.5) is 0 Å². The van der Waals surface area contributed by atoms with Crippen LogP contribution in [-0.2, 0) is 16.0 Å². The summed E-state index contributed by atoms with van der Waals surface area (Å²) >= 11 is 0. The Morgan fingerprint density at radius 3 is 3.12 bits per heavy atom. The Labute approximate surface area is 101 Å². The van der Waals surface area contributed by atoms with Crippen molar-refractivity contribution in [3.63, 3.8) is 0 Å². The van der Waals surface area contributed by atoms with Gasteiger partial charge in [0.15, 0.2) is 0 Å². The molecule has 1 aromatic heterocycles. The van der Waals surface area contributed by atoms with Crippen molar-refractivity contribution >= 4 is 5.91 Å². The van der Waals surface area contributed by atoms with Crippen LogP contribution in [0.2, 0.25) is 0 Å². The molecule has 0 saturated carbocycles. The fourth-order valence-electron chi connectivity index (χ4n) is 1.35. The van der Waals surface area contributed by atoms with E-state index in [9.17, 15) is 4.79 Å². The Balaban J connectivity index is 2.14. The van der Waals surface area contributed by atoms with E-state index in [0.717, 1.165) is 18.7 Å². The Kier molecular flexibility index (Phi) is 6.27. The summed E-state index contributed by atoms with van der Waals surface area (Å²) in [6.45, 7) is 3.78. The number of nitrogens with one attached hydrogen (secondary N) is 2. The first-order chi connectivity index (χ1) is 8.24. The van der Waals surface area contributed by atoms with E-state index < -0.39 is 6.04 Å². The minimum atomic E-state index is -0.554. The minimum absolute atomic E-state index is 0.167. The van der Waals surface area contributed by atoms with Crippen LogP contribution in [0.25, 0.3) is 0 Å². The van der Waals surface area contributed by atoms with Gasteiger partial charge in [0, 0.05) is 31.5 Å². The second-order valence-corrected chi connectivity index (χ2v) is 3.79. The molecule has 0 fully saturated rings. The maximum Gasteiger partial charge on any atom is 0.237 e. The van der Waals surface area contributed by atoms with Crippen molar-refractivity contribution in [2.24, 2.45) is 5.73 Å². The van der Waals surface area contributed by atoms with Crippen molar-refractivity contribution in [1.82, 2.24) is 15.3 Å². The van der Waals surface area contributed by atoms with Crippen LogP contribution in [-0.4, -0.2) is 41.7 Å². The fourth-order valence-corrected chi connectivity index (χ4v) is 1.35. The molecule has 0 saturated heterocycles. The fraction of sp³-hybridized carbons (Fsp3) is 0.636. The SMILES string of the molecule is CCCOCCNC(=O)C(N)Cc1cnc[nH]1. The van der Waals surface area contributed by atoms with Gasteiger partial charge in [-0.15, -0.1) is 0 Å². The third-order valence-electron chi connectivity index (χ3n) is 2.23. The van der Waals surface area contributed by atoms with E-state index in [-0.39, 0.29) is 5.91 Å². The average molecular weight is 240 g/mol. The molecule has 0 spiro atoms. The number of nitrogens with two attached hydrogens (primary N) is 1. The average Bonchev–Trinajstić information content (AvgIpc) is 2.81. The second kappa shape index (κ2) is 7.81. The molecule has 0 aliphatic rings. The van der Waals surface area contributed by atoms with Crippen LogP contribution in [0.3, 0.4) is 0 Å². The maximum atomic E-state index is 11.6. The lowest BCUT2D eigenvalue weighted by Gasteiger charge is -2.11. The number of nitrogens with zero attached hydrogens (tertiary/aromatic N) is 1. The smallest absolute Gasteiger partial charge is 0.237 e. The molecule has 6 heteroatoms. The van der Waals surface area contributed by atoms with Crippen LogP contribution in [0.1, 0.15) is 19.0 Å². The molecule has 1 aromatic rings. The Hall–Kier alpha value is -1.40. The molecule has 0 aliphatic heterocycles. The first-order valence-corrected chi connectivity index (χ1v) is 5.82. The quantitative estimate of drug-likeness (QED) is 0.550. The van der Waals surface area contributed by atoms with Crippen molar-refractivity contribution in [2.75, 3.05) is 19.8 Å². The second-order valence-electron chi connectivity index (χ2n) is 3.79. The zero-order valence-electron chi connectivity index (χ0n) is 10.1. The van der Waals surface area contributed by atoms with Crippen molar-refractivity contribution in [3.8, 4) is 0 Å². The number of rotatable bonds is 8. The highest BCUT2D eigenvalue weighted by Gasteiger charge is 2.13. The van der Waals surface area contributed by atoms with Gasteiger partial charge in [0.25, 0.3) is 0 Å². The number of imidazole rings is 1. The number of carbonyl (C=O) groups is 1. The number of hydrogen-bond donors (Lipinski definition) is 3. The van der Waals surface area contributed by atoms with Crippen molar-refractivity contribution < 1.29 is 9.53 Å². The maximum absolute atomic E-state index is 11.6. The monoisotopic (exact) mass is 240 g/mol. The summed E-state index contributed by atoms with van der Waals surface area (Å²) in [6, 6.07) is -0.554. The van der Waals surface area contributed by atoms with Crippen LogP contribution in [0.15, 0.2) is 12.5 Å². The third-order valence-corrected chi connectivity index (χ3v) is 2.23. The van der Waals surface area contributed by atoms with Gasteiger partial charge in [-0.2, -0.15) is 0 Å². The van der Waals surface area contributed by atoms with Crippen molar-refractivity contribution in [1.29, 1.82) is 0 Å². The highest BCUT2D eigenvalue weighted by atomic mass is 16.5. The van der Waals surface area contributed by atoms with E-state index in [1.54, 1.807) is 12.5 Å². The van der Waals surface area contributed by atoms with Crippen LogP contribution >= 0.6 is 0 Å². The van der Waals surface area contributed by atoms with Gasteiger partial charge in [-0.05, 0) is 6.42 Å². The van der Waals surface area contributed by atoms with E-state index in [1.807, 2.05) is 6.92 Å². The molecule has 0 aromatic carbocycles. The summed E-state index contributed by atoms with van der Waals surface area (Å²) in [7, 11) is 0. The topological polar surface area (TPSA) is 93.0 Å². The largest absolute Gasteiger partial charge is 0.380 e. The molecule has 0 aliphatic carbocycles. The lowest BCUT2D eigenvalue weighted by Crippen LogP contribution is -2.43. The molecular formula is C11H20N4O2. The predicted molar refractivity (Wildman–Crippen MR) is 64.4 cm³/mol. The van der Waals surface area contributed by atoms with Gasteiger partial charge in [0.05, 0.1) is 19.0 Å². The minimum Gasteiger partial charge on any atom is -0.380 e. The summed E-state index contributed by atoms with van der Waals surface area (Å²) in [4.78, 5) is 18.4. The van der Waals surface area contributed by atoms with Gasteiger partial charge in [0.1, 0.15) is 0 Å². The molecule has 96 valence electrons. The standard InChI is InChI=1S/C11H20N4O2/c1-2-4-17-5-3-14-11(16)10(12)6-9-7-13-8-15-9/h7-8,10H,2-6,12H2,1H3,(H,13,15)(H,14,16). The Morgan fingerprint density at radius 2 is 2.47 bits per heavy atom. The van der Waals surface area contributed by atoms with E-state index in [4.69, 9.17) is 10.5 Å². The van der Waals surface area contributed by atoms with Gasteiger partial charge in [-0.1, -0.05) is 6.92 Å². The van der Waals surface area contributed by atoms with Gasteiger partial charge >= 0.3 is 0 Å². The van der Waals surface area contributed by atoms with Gasteiger partial charge in [0.2, 0.25) is 5.91 Å². The molecule has 4 N–H and O–H groups in total. The number of aromatic nitrogens is 2. The highest BCUT2D eigenvalue weighted by molar-refractivity contribution is 5.81. The zero-order valence-corrected chi connectivity index (χ0v) is 10.1. The number of carbonyl (C=O) groups excluding carboxylic acids is 1. The van der Waals surface area contributed by atoms with Gasteiger partial charge < -0.3 is 20.8 Å². The molecule has 17 heavy (non-hydrogen) atoms. The first kappa shape index (κ1) is 13.7. The molecular weight excluding hydrogens is 220 g/mol. The number of hydrogen-bond acceptors (Lipinski definition) is 4. The molecule has 1 heterocycles. The Morgan fingerprint density at radius 1 is 1.65 bits per heavy atom. The molecule has 0 radical (unpaired) electrons. The molecule has 1 unspecified atom stereocenters. The number of amides is 1. The summed E-state index contributed by atoms with van der Waals surface area (Å²) < 4.78 is 5.25. The molecule has 0 bridgehead atoms. The molecule has 1 amide bonds. The predicted octanol–water partition coefficient (Wildman–Crippen LogP) is -0.178. The number of aromatic amines is 1. The lowest BCUT2D eigenvalue weighted by molar-refractivity contribution is -0.122. The van der Waals surface area contributed by atoms with Crippen molar-refractivity contribution in [3.05, 3.63) is 18.2 Å². The van der Waals surface area contributed by atoms with E-state index in [2.05, 4.69) is 15.3 Å². The summed E-state index contributed by atoms with van der Waals surface area (Å²) in [5, 5.41) is 2.73. The molecule has 1 rings (SSSR count). The number of ether oxygens (including phenoxy) is 1. The van der Waals surface area contributed by atoms with Crippen LogP contribution < -0.4 is 11.1 Å². The summed E-state index contributed by atoms with van der Waals surface area (Å²) in [5.41, 5.74) is 6.61. The van der Waals surface area contributed by atoms with Gasteiger partial charge in [-0.25, -0.2) is 4.98 Å². The first-order valence-electron chi connectivity index (χ1n) is 5.82. The van der Waals surface area contributed by atoms with E-state index >= 15 is 0 Å². The van der Waals surface area contributed by atoms with E-state index in [0.29, 0.717) is 19.6 Å². The highest BCUT2D eigenvalue weighted by Crippen LogP contribution is 1.96. The zero-order chi connectivity index (χ0) is 12.5. The molecule has 1 atom stereocenters.